The van der Waals surface area contributed by atoms with E-state index in [0.717, 1.165) is 34.6 Å². The molecule has 6 nitrogen and oxygen atoms in total. The molecule has 2 aromatic heterocycles. The van der Waals surface area contributed by atoms with Crippen LogP contribution in [0.4, 0.5) is 0 Å². The number of thiazole rings is 1. The molecule has 0 bridgehead atoms. The van der Waals surface area contributed by atoms with Crippen LogP contribution in [0.15, 0.2) is 69.6 Å². The maximum atomic E-state index is 14.2. The number of nitrogens with zero attached hydrogens (tertiary/aromatic N) is 3. The van der Waals surface area contributed by atoms with Gasteiger partial charge >= 0.3 is 5.97 Å². The number of carbonyl (C=O) groups excluding carboxylic acids is 1. The minimum absolute atomic E-state index is 0.159. The average molecular weight is 708 g/mol. The van der Waals surface area contributed by atoms with Gasteiger partial charge in [0.25, 0.3) is 5.56 Å². The fourth-order valence-corrected chi connectivity index (χ4v) is 7.20. The van der Waals surface area contributed by atoms with Crippen molar-refractivity contribution in [1.29, 1.82) is 0 Å². The van der Waals surface area contributed by atoms with Crippen LogP contribution in [0.5, 0.6) is 0 Å². The van der Waals surface area contributed by atoms with E-state index in [2.05, 4.69) is 105 Å². The predicted molar refractivity (Wildman–Crippen MR) is 183 cm³/mol. The second-order valence-corrected chi connectivity index (χ2v) is 13.5. The van der Waals surface area contributed by atoms with Crippen LogP contribution in [0, 0.1) is 24.3 Å². The smallest absolute Gasteiger partial charge is 0.338 e. The molecule has 224 valence electrons. The number of rotatable bonds is 8. The van der Waals surface area contributed by atoms with Crippen molar-refractivity contribution in [3.05, 3.63) is 117 Å². The molecule has 8 heteroatoms. The lowest BCUT2D eigenvalue weighted by Gasteiger charge is -2.26. The van der Waals surface area contributed by atoms with Crippen LogP contribution < -0.4 is 14.9 Å². The Kier molecular flexibility index (Phi) is 9.27. The molecule has 0 saturated carbocycles. The molecular formula is C35H38IN3O3S. The molecule has 0 fully saturated rings. The van der Waals surface area contributed by atoms with E-state index in [4.69, 9.17) is 9.73 Å². The molecular weight excluding hydrogens is 669 g/mol. The third-order valence-corrected chi connectivity index (χ3v) is 10.1. The molecule has 5 rings (SSSR count). The number of hydrogen-bond acceptors (Lipinski definition) is 5. The molecule has 3 heterocycles. The zero-order chi connectivity index (χ0) is 31.0. The summed E-state index contributed by atoms with van der Waals surface area (Å²) in [4.78, 5) is 33.2. The van der Waals surface area contributed by atoms with E-state index in [0.29, 0.717) is 32.9 Å². The quantitative estimate of drug-likeness (QED) is 0.146. The summed E-state index contributed by atoms with van der Waals surface area (Å²) in [5, 5.41) is 0. The van der Waals surface area contributed by atoms with E-state index >= 15 is 0 Å². The fourth-order valence-electron chi connectivity index (χ4n) is 5.69. The van der Waals surface area contributed by atoms with Gasteiger partial charge < -0.3 is 9.30 Å². The number of aryl methyl sites for hydroxylation is 2. The number of ether oxygens (including phenoxy) is 1. The van der Waals surface area contributed by atoms with E-state index in [1.54, 1.807) is 11.5 Å². The zero-order valence-electron chi connectivity index (χ0n) is 25.8. The maximum absolute atomic E-state index is 14.2. The summed E-state index contributed by atoms with van der Waals surface area (Å²) in [6, 6.07) is 16.2. The Morgan fingerprint density at radius 1 is 1.09 bits per heavy atom. The van der Waals surface area contributed by atoms with Crippen molar-refractivity contribution in [2.45, 2.75) is 73.3 Å². The molecule has 2 aromatic carbocycles. The molecule has 0 saturated heterocycles. The SMILES string of the molecule is CCCC1=C(C(=O)OCC)[C@@H](c2ccc(C(C)C)cc2)n2c(s/c(=C\c3cc(C)n(-c4ccc(C)c(I)c4)c3C)c2=O)=N1. The number of benzene rings is 2. The summed E-state index contributed by atoms with van der Waals surface area (Å²) >= 11 is 3.75. The van der Waals surface area contributed by atoms with Gasteiger partial charge in [0.05, 0.1) is 28.5 Å². The first-order chi connectivity index (χ1) is 20.5. The van der Waals surface area contributed by atoms with Crippen molar-refractivity contribution >= 4 is 46.0 Å². The number of allylic oxidation sites excluding steroid dienone is 1. The van der Waals surface area contributed by atoms with Crippen molar-refractivity contribution in [3.8, 4) is 5.69 Å². The lowest BCUT2D eigenvalue weighted by Crippen LogP contribution is -2.40. The first-order valence-corrected chi connectivity index (χ1v) is 16.7. The molecule has 43 heavy (non-hydrogen) atoms. The highest BCUT2D eigenvalue weighted by atomic mass is 127. The third-order valence-electron chi connectivity index (χ3n) is 7.98. The number of halogens is 1. The standard InChI is InChI=1S/C35H38IN3O3S/c1-8-10-29-31(34(41)42-9-2)32(25-14-12-24(13-15-25)20(3)4)39-33(40)30(43-35(39)37-29)18-26-17-22(6)38(23(26)7)27-16-11-21(5)28(36)19-27/h11-20,32H,8-10H2,1-7H3/b30-18-/t32-/m1/s1. The molecule has 0 aliphatic carbocycles. The van der Waals surface area contributed by atoms with Gasteiger partial charge in [-0.05, 0) is 109 Å². The van der Waals surface area contributed by atoms with Crippen molar-refractivity contribution in [2.75, 3.05) is 6.61 Å². The Morgan fingerprint density at radius 3 is 2.44 bits per heavy atom. The first-order valence-electron chi connectivity index (χ1n) is 14.8. The van der Waals surface area contributed by atoms with Crippen LogP contribution in [-0.2, 0) is 9.53 Å². The minimum atomic E-state index is -0.609. The van der Waals surface area contributed by atoms with Crippen LogP contribution in [-0.4, -0.2) is 21.7 Å². The summed E-state index contributed by atoms with van der Waals surface area (Å²) in [5.41, 5.74) is 8.53. The predicted octanol–water partition coefficient (Wildman–Crippen LogP) is 7.02. The molecule has 1 atom stereocenters. The summed E-state index contributed by atoms with van der Waals surface area (Å²) in [6.45, 7) is 14.7. The van der Waals surface area contributed by atoms with E-state index in [1.807, 2.05) is 18.2 Å². The Morgan fingerprint density at radius 2 is 1.81 bits per heavy atom. The van der Waals surface area contributed by atoms with Gasteiger partial charge in [-0.3, -0.25) is 9.36 Å². The Balaban J connectivity index is 1.71. The topological polar surface area (TPSA) is 65.6 Å². The molecule has 0 spiro atoms. The van der Waals surface area contributed by atoms with Gasteiger partial charge in [0.2, 0.25) is 0 Å². The molecule has 1 aliphatic heterocycles. The number of hydrogen-bond donors (Lipinski definition) is 0. The average Bonchev–Trinajstić information content (AvgIpc) is 3.43. The summed E-state index contributed by atoms with van der Waals surface area (Å²) in [6.07, 6.45) is 3.41. The van der Waals surface area contributed by atoms with Gasteiger partial charge in [-0.25, -0.2) is 9.79 Å². The van der Waals surface area contributed by atoms with E-state index in [-0.39, 0.29) is 12.2 Å². The van der Waals surface area contributed by atoms with E-state index in [1.165, 1.54) is 26.0 Å². The Bertz CT molecular complexity index is 1910. The van der Waals surface area contributed by atoms with Gasteiger partial charge in [0, 0.05) is 20.6 Å². The Hall–Kier alpha value is -3.24. The van der Waals surface area contributed by atoms with Crippen LogP contribution in [0.2, 0.25) is 0 Å². The number of aromatic nitrogens is 2. The van der Waals surface area contributed by atoms with Crippen molar-refractivity contribution in [2.24, 2.45) is 4.99 Å². The molecule has 4 aromatic rings. The second-order valence-electron chi connectivity index (χ2n) is 11.3. The fraction of sp³-hybridized carbons (Fsp3) is 0.343. The highest BCUT2D eigenvalue weighted by Crippen LogP contribution is 2.33. The zero-order valence-corrected chi connectivity index (χ0v) is 28.8. The van der Waals surface area contributed by atoms with Gasteiger partial charge in [-0.2, -0.15) is 0 Å². The minimum Gasteiger partial charge on any atom is -0.463 e. The van der Waals surface area contributed by atoms with Gasteiger partial charge in [-0.1, -0.05) is 68.9 Å². The second kappa shape index (κ2) is 12.8. The number of esters is 1. The largest absolute Gasteiger partial charge is 0.463 e. The molecule has 0 N–H and O–H groups in total. The van der Waals surface area contributed by atoms with E-state index < -0.39 is 12.0 Å². The highest BCUT2D eigenvalue weighted by Gasteiger charge is 2.34. The lowest BCUT2D eigenvalue weighted by atomic mass is 9.92. The summed E-state index contributed by atoms with van der Waals surface area (Å²) in [7, 11) is 0. The normalized spacial score (nSPS) is 15.2. The van der Waals surface area contributed by atoms with Crippen LogP contribution in [0.25, 0.3) is 11.8 Å². The Labute approximate surface area is 270 Å². The van der Waals surface area contributed by atoms with E-state index in [9.17, 15) is 9.59 Å². The monoisotopic (exact) mass is 707 g/mol. The van der Waals surface area contributed by atoms with Crippen molar-refractivity contribution in [3.63, 3.8) is 0 Å². The van der Waals surface area contributed by atoms with Crippen molar-refractivity contribution < 1.29 is 9.53 Å². The summed E-state index contributed by atoms with van der Waals surface area (Å²) < 4.78 is 11.2. The maximum Gasteiger partial charge on any atom is 0.338 e. The summed E-state index contributed by atoms with van der Waals surface area (Å²) in [5.74, 6) is -0.0488. The molecule has 1 aliphatic rings. The molecule has 0 unspecified atom stereocenters. The van der Waals surface area contributed by atoms with Crippen LogP contribution >= 0.6 is 33.9 Å². The number of fused-ring (bicyclic) bond motifs is 1. The first kappa shape index (κ1) is 31.2. The lowest BCUT2D eigenvalue weighted by molar-refractivity contribution is -0.139. The van der Waals surface area contributed by atoms with Crippen molar-refractivity contribution in [1.82, 2.24) is 9.13 Å². The van der Waals surface area contributed by atoms with Gasteiger partial charge in [0.1, 0.15) is 0 Å². The van der Waals surface area contributed by atoms with Crippen LogP contribution in [0.3, 0.4) is 0 Å². The molecule has 0 amide bonds. The van der Waals surface area contributed by atoms with Gasteiger partial charge in [-0.15, -0.1) is 0 Å². The highest BCUT2D eigenvalue weighted by molar-refractivity contribution is 14.1. The van der Waals surface area contributed by atoms with Crippen LogP contribution in [0.1, 0.15) is 86.1 Å². The number of carbonyl (C=O) groups is 1. The third kappa shape index (κ3) is 5.96. The van der Waals surface area contributed by atoms with Gasteiger partial charge in [0.15, 0.2) is 4.80 Å². The molecule has 0 radical (unpaired) electrons.